The van der Waals surface area contributed by atoms with Crippen molar-refractivity contribution in [3.05, 3.63) is 12.2 Å². The van der Waals surface area contributed by atoms with Crippen LogP contribution in [-0.4, -0.2) is 39.1 Å². The highest BCUT2D eigenvalue weighted by Gasteiger charge is 2.46. The maximum Gasteiger partial charge on any atom is 0.330 e. The molecule has 0 N–H and O–H groups in total. The number of ketones is 2. The van der Waals surface area contributed by atoms with Crippen LogP contribution in [0.25, 0.3) is 0 Å². The molecule has 0 aliphatic heterocycles. The van der Waals surface area contributed by atoms with E-state index in [2.05, 4.69) is 41.5 Å². The largest absolute Gasteiger partial charge is 0.463 e. The van der Waals surface area contributed by atoms with E-state index in [1.165, 1.54) is 6.08 Å². The van der Waals surface area contributed by atoms with Gasteiger partial charge in [-0.2, -0.15) is 0 Å². The lowest BCUT2D eigenvalue weighted by Gasteiger charge is -2.42. The summed E-state index contributed by atoms with van der Waals surface area (Å²) in [7, 11) is -2.07. The quantitative estimate of drug-likeness (QED) is 0.177. The van der Waals surface area contributed by atoms with E-state index in [1.807, 2.05) is 13.8 Å². The zero-order chi connectivity index (χ0) is 23.5. The lowest BCUT2D eigenvalue weighted by atomic mass is 9.83. The molecule has 0 saturated carbocycles. The van der Waals surface area contributed by atoms with Crippen LogP contribution in [0.1, 0.15) is 88.0 Å². The molecule has 0 spiro atoms. The highest BCUT2D eigenvalue weighted by Crippen LogP contribution is 2.42. The summed E-state index contributed by atoms with van der Waals surface area (Å²) in [5, 5.41) is 0. The first-order chi connectivity index (χ1) is 13.8. The first kappa shape index (κ1) is 28.7. The van der Waals surface area contributed by atoms with Gasteiger partial charge in [0.15, 0.2) is 5.78 Å². The molecule has 0 aromatic rings. The van der Waals surface area contributed by atoms with Crippen molar-refractivity contribution in [2.75, 3.05) is 13.2 Å². The van der Waals surface area contributed by atoms with Crippen LogP contribution in [-0.2, 0) is 23.5 Å². The molecular formula is C24H44O5Si. The maximum absolute atomic E-state index is 12.9. The van der Waals surface area contributed by atoms with Crippen molar-refractivity contribution in [3.63, 3.8) is 0 Å². The smallest absolute Gasteiger partial charge is 0.330 e. The minimum atomic E-state index is -2.07. The van der Waals surface area contributed by atoms with E-state index in [0.717, 1.165) is 0 Å². The number of carbonyl (C=O) groups is 3. The lowest BCUT2D eigenvalue weighted by molar-refractivity contribution is -0.137. The number of rotatable bonds is 15. The Morgan fingerprint density at radius 2 is 1.50 bits per heavy atom. The molecule has 0 amide bonds. The number of hydrogen-bond donors (Lipinski definition) is 0. The Hall–Kier alpha value is -1.27. The molecule has 0 atom stereocenters. The Morgan fingerprint density at radius 1 is 0.967 bits per heavy atom. The second-order valence-corrected chi connectivity index (χ2v) is 15.1. The van der Waals surface area contributed by atoms with Crippen LogP contribution in [0, 0.1) is 5.41 Å². The van der Waals surface area contributed by atoms with E-state index < -0.39 is 19.7 Å². The van der Waals surface area contributed by atoms with Crippen molar-refractivity contribution >= 4 is 25.9 Å². The molecule has 0 saturated heterocycles. The lowest BCUT2D eigenvalue weighted by Crippen LogP contribution is -2.49. The topological polar surface area (TPSA) is 69.7 Å². The van der Waals surface area contributed by atoms with Gasteiger partial charge < -0.3 is 9.16 Å². The summed E-state index contributed by atoms with van der Waals surface area (Å²) in [6, 6.07) is 0. The molecule has 0 aromatic heterocycles. The number of Topliss-reactive ketones (excluding diaryl/α,β-unsaturated/α-hetero) is 2. The fourth-order valence-electron chi connectivity index (χ4n) is 4.33. The number of allylic oxidation sites excluding steroid dienone is 1. The Balaban J connectivity index is 4.67. The predicted octanol–water partition coefficient (Wildman–Crippen LogP) is 6.02. The summed E-state index contributed by atoms with van der Waals surface area (Å²) in [6.45, 7) is 19.4. The molecule has 0 rings (SSSR count). The van der Waals surface area contributed by atoms with Crippen molar-refractivity contribution in [3.8, 4) is 0 Å². The molecule has 0 aliphatic rings. The third kappa shape index (κ3) is 8.84. The van der Waals surface area contributed by atoms with Gasteiger partial charge in [-0.1, -0.05) is 61.5 Å². The third-order valence-corrected chi connectivity index (χ3v) is 12.1. The van der Waals surface area contributed by atoms with Crippen molar-refractivity contribution in [1.82, 2.24) is 0 Å². The number of hydrogen-bond acceptors (Lipinski definition) is 5. The summed E-state index contributed by atoms with van der Waals surface area (Å²) in [4.78, 5) is 36.2. The van der Waals surface area contributed by atoms with Gasteiger partial charge in [-0.15, -0.1) is 0 Å². The van der Waals surface area contributed by atoms with Crippen molar-refractivity contribution in [2.24, 2.45) is 5.41 Å². The van der Waals surface area contributed by atoms with E-state index in [4.69, 9.17) is 9.16 Å². The van der Waals surface area contributed by atoms with Gasteiger partial charge in [0, 0.05) is 24.3 Å². The molecule has 0 radical (unpaired) electrons. The van der Waals surface area contributed by atoms with Crippen LogP contribution in [0.4, 0.5) is 0 Å². The highest BCUT2D eigenvalue weighted by molar-refractivity contribution is 6.77. The average Bonchev–Trinajstić information content (AvgIpc) is 2.61. The fourth-order valence-corrected chi connectivity index (χ4v) is 9.71. The van der Waals surface area contributed by atoms with Gasteiger partial charge in [0.25, 0.3) is 0 Å². The summed E-state index contributed by atoms with van der Waals surface area (Å²) in [6.07, 6.45) is 4.72. The monoisotopic (exact) mass is 440 g/mol. The Labute approximate surface area is 185 Å². The van der Waals surface area contributed by atoms with Gasteiger partial charge in [-0.3, -0.25) is 9.59 Å². The molecule has 0 aliphatic carbocycles. The van der Waals surface area contributed by atoms with Crippen molar-refractivity contribution in [1.29, 1.82) is 0 Å². The number of esters is 1. The van der Waals surface area contributed by atoms with Crippen LogP contribution in [0.5, 0.6) is 0 Å². The van der Waals surface area contributed by atoms with Gasteiger partial charge in [-0.05, 0) is 36.4 Å². The number of ether oxygens (including phenoxy) is 1. The third-order valence-electron chi connectivity index (χ3n) is 6.06. The molecule has 6 heteroatoms. The molecular weight excluding hydrogens is 396 g/mol. The Bertz CT molecular complexity index is 569. The van der Waals surface area contributed by atoms with Crippen LogP contribution in [0.2, 0.25) is 16.6 Å². The van der Waals surface area contributed by atoms with E-state index in [1.54, 1.807) is 13.0 Å². The van der Waals surface area contributed by atoms with Gasteiger partial charge in [0.2, 0.25) is 8.32 Å². The Morgan fingerprint density at radius 3 is 1.97 bits per heavy atom. The summed E-state index contributed by atoms with van der Waals surface area (Å²) < 4.78 is 11.2. The van der Waals surface area contributed by atoms with Gasteiger partial charge >= 0.3 is 5.97 Å². The van der Waals surface area contributed by atoms with Crippen molar-refractivity contribution in [2.45, 2.75) is 105 Å². The standard InChI is InChI=1S/C24H44O5Si/c1-10-28-23(27)15-11-13-21(25)14-12-16-24(8,9)22(26)17-29-30(18(2)3,19(4)5)20(6)7/h11,15,18-20H,10,12-14,16-17H2,1-9H3/b15-11+. The second-order valence-electron chi connectivity index (χ2n) is 9.66. The summed E-state index contributed by atoms with van der Waals surface area (Å²) in [5.41, 5.74) is 0.794. The molecule has 0 unspecified atom stereocenters. The van der Waals surface area contributed by atoms with Crippen LogP contribution in [0.3, 0.4) is 0 Å². The van der Waals surface area contributed by atoms with Gasteiger partial charge in [-0.25, -0.2) is 4.79 Å². The first-order valence-corrected chi connectivity index (χ1v) is 13.5. The summed E-state index contributed by atoms with van der Waals surface area (Å²) >= 11 is 0. The predicted molar refractivity (Wildman–Crippen MR) is 125 cm³/mol. The fraction of sp³-hybridized carbons (Fsp3) is 0.792. The molecule has 0 heterocycles. The average molecular weight is 441 g/mol. The normalized spacial score (nSPS) is 12.9. The van der Waals surface area contributed by atoms with E-state index in [0.29, 0.717) is 42.5 Å². The van der Waals surface area contributed by atoms with E-state index in [-0.39, 0.29) is 24.6 Å². The molecule has 0 fully saturated rings. The highest BCUT2D eigenvalue weighted by atomic mass is 28.4. The minimum Gasteiger partial charge on any atom is -0.463 e. The summed E-state index contributed by atoms with van der Waals surface area (Å²) in [5.74, 6) is -0.266. The van der Waals surface area contributed by atoms with Gasteiger partial charge in [0.05, 0.1) is 13.2 Å². The Kier molecular flexibility index (Phi) is 12.6. The molecule has 0 aromatic carbocycles. The zero-order valence-electron chi connectivity index (χ0n) is 20.7. The molecule has 174 valence electrons. The molecule has 30 heavy (non-hydrogen) atoms. The maximum atomic E-state index is 12.9. The second kappa shape index (κ2) is 13.2. The van der Waals surface area contributed by atoms with E-state index in [9.17, 15) is 14.4 Å². The van der Waals surface area contributed by atoms with Crippen molar-refractivity contribution < 1.29 is 23.5 Å². The first-order valence-electron chi connectivity index (χ1n) is 11.3. The van der Waals surface area contributed by atoms with Gasteiger partial charge in [0.1, 0.15) is 5.78 Å². The van der Waals surface area contributed by atoms with E-state index >= 15 is 0 Å². The molecule has 0 bridgehead atoms. The van der Waals surface area contributed by atoms with Crippen LogP contribution in [0.15, 0.2) is 12.2 Å². The van der Waals surface area contributed by atoms with Crippen LogP contribution < -0.4 is 0 Å². The minimum absolute atomic E-state index is 0.0564. The zero-order valence-corrected chi connectivity index (χ0v) is 21.7. The SMILES string of the molecule is CCOC(=O)/C=C/CC(=O)CCCC(C)(C)C(=O)CO[Si](C(C)C)(C(C)C)C(C)C. The van der Waals surface area contributed by atoms with Crippen LogP contribution >= 0.6 is 0 Å². The number of carbonyl (C=O) groups excluding carboxylic acids is 3. The molecule has 5 nitrogen and oxygen atoms in total.